The van der Waals surface area contributed by atoms with Crippen LogP contribution in [0.5, 0.6) is 0 Å². The molecule has 1 unspecified atom stereocenters. The molecule has 3 rings (SSSR count). The molecule has 2 aromatic rings. The third-order valence-electron chi connectivity index (χ3n) is 4.78. The number of nitrogens with two attached hydrogens (primary N) is 1. The molecule has 25 heavy (non-hydrogen) atoms. The number of hydrogen-bond donors (Lipinski definition) is 1. The second-order valence-electron chi connectivity index (χ2n) is 6.65. The Balaban J connectivity index is 0.00000225. The van der Waals surface area contributed by atoms with E-state index < -0.39 is 5.82 Å². The summed E-state index contributed by atoms with van der Waals surface area (Å²) in [7, 11) is 0. The third-order valence-corrected chi connectivity index (χ3v) is 4.78. The van der Waals surface area contributed by atoms with Crippen LogP contribution in [0.15, 0.2) is 36.4 Å². The van der Waals surface area contributed by atoms with Gasteiger partial charge in [0.05, 0.1) is 5.56 Å². The van der Waals surface area contributed by atoms with Gasteiger partial charge in [-0.1, -0.05) is 24.3 Å². The van der Waals surface area contributed by atoms with Crippen molar-refractivity contribution in [3.05, 3.63) is 58.9 Å². The van der Waals surface area contributed by atoms with Crippen molar-refractivity contribution >= 4 is 18.3 Å². The van der Waals surface area contributed by atoms with Gasteiger partial charge >= 0.3 is 0 Å². The van der Waals surface area contributed by atoms with Crippen molar-refractivity contribution in [3.63, 3.8) is 0 Å². The van der Waals surface area contributed by atoms with Gasteiger partial charge in [0.2, 0.25) is 0 Å². The maximum absolute atomic E-state index is 14.5. The van der Waals surface area contributed by atoms with E-state index in [4.69, 9.17) is 5.73 Å². The lowest BCUT2D eigenvalue weighted by Gasteiger charge is -2.31. The van der Waals surface area contributed by atoms with E-state index in [0.717, 1.165) is 29.5 Å². The molecule has 0 aromatic heterocycles. The number of nitrogens with zero attached hydrogens (tertiary/aromatic N) is 1. The number of halogens is 2. The van der Waals surface area contributed by atoms with Crippen molar-refractivity contribution in [2.45, 2.75) is 32.7 Å². The highest BCUT2D eigenvalue weighted by atomic mass is 35.5. The first-order valence-electron chi connectivity index (χ1n) is 8.38. The normalized spacial score (nSPS) is 17.1. The Labute approximate surface area is 154 Å². The van der Waals surface area contributed by atoms with Gasteiger partial charge in [-0.2, -0.15) is 0 Å². The van der Waals surface area contributed by atoms with Gasteiger partial charge in [-0.3, -0.25) is 4.79 Å². The summed E-state index contributed by atoms with van der Waals surface area (Å²) in [6.07, 6.45) is 1.78. The van der Waals surface area contributed by atoms with E-state index in [0.29, 0.717) is 13.1 Å². The van der Waals surface area contributed by atoms with Crippen LogP contribution in [0.4, 0.5) is 4.39 Å². The molecular formula is C20H24ClFN2O. The fraction of sp³-hybridized carbons (Fsp3) is 0.350. The molecule has 0 spiro atoms. The summed E-state index contributed by atoms with van der Waals surface area (Å²) in [5.74, 6) is -0.746. The molecule has 1 heterocycles. The Morgan fingerprint density at radius 1 is 1.12 bits per heavy atom. The monoisotopic (exact) mass is 362 g/mol. The van der Waals surface area contributed by atoms with Crippen molar-refractivity contribution < 1.29 is 9.18 Å². The standard InChI is InChI=1S/C20H23FN2O.ClH/c1-13-5-6-15(10-14(13)2)16-7-8-18(19(21)11-16)20(24)23-9-3-4-17(22)12-23;/h5-8,10-11,17H,3-4,9,12,22H2,1-2H3;1H. The summed E-state index contributed by atoms with van der Waals surface area (Å²) >= 11 is 0. The second-order valence-corrected chi connectivity index (χ2v) is 6.65. The summed E-state index contributed by atoms with van der Waals surface area (Å²) < 4.78 is 14.5. The Bertz CT molecular complexity index is 778. The van der Waals surface area contributed by atoms with Crippen LogP contribution in [0, 0.1) is 19.7 Å². The van der Waals surface area contributed by atoms with E-state index in [1.54, 1.807) is 11.0 Å². The van der Waals surface area contributed by atoms with Gasteiger partial charge in [0, 0.05) is 19.1 Å². The van der Waals surface area contributed by atoms with Gasteiger partial charge in [0.1, 0.15) is 5.82 Å². The van der Waals surface area contributed by atoms with Crippen LogP contribution in [0.1, 0.15) is 34.3 Å². The maximum Gasteiger partial charge on any atom is 0.256 e. The van der Waals surface area contributed by atoms with Crippen molar-refractivity contribution in [3.8, 4) is 11.1 Å². The molecule has 0 bridgehead atoms. The number of piperidine rings is 1. The average molecular weight is 363 g/mol. The first-order chi connectivity index (χ1) is 11.5. The molecule has 5 heteroatoms. The lowest BCUT2D eigenvalue weighted by atomic mass is 9.98. The minimum absolute atomic E-state index is 0. The van der Waals surface area contributed by atoms with E-state index in [1.165, 1.54) is 11.6 Å². The lowest BCUT2D eigenvalue weighted by Crippen LogP contribution is -2.45. The zero-order valence-electron chi connectivity index (χ0n) is 14.6. The topological polar surface area (TPSA) is 46.3 Å². The van der Waals surface area contributed by atoms with E-state index in [9.17, 15) is 9.18 Å². The van der Waals surface area contributed by atoms with Gasteiger partial charge < -0.3 is 10.6 Å². The number of aryl methyl sites for hydroxylation is 2. The summed E-state index contributed by atoms with van der Waals surface area (Å²) in [5.41, 5.74) is 10.1. The number of carbonyl (C=O) groups excluding carboxylic acids is 1. The quantitative estimate of drug-likeness (QED) is 0.874. The van der Waals surface area contributed by atoms with Crippen molar-refractivity contribution in [2.24, 2.45) is 5.73 Å². The summed E-state index contributed by atoms with van der Waals surface area (Å²) in [5, 5.41) is 0. The molecule has 1 amide bonds. The largest absolute Gasteiger partial charge is 0.337 e. The summed E-state index contributed by atoms with van der Waals surface area (Å²) in [6.45, 7) is 5.22. The summed E-state index contributed by atoms with van der Waals surface area (Å²) in [6, 6.07) is 10.9. The molecular weight excluding hydrogens is 339 g/mol. The van der Waals surface area contributed by atoms with Crippen molar-refractivity contribution in [1.29, 1.82) is 0 Å². The number of hydrogen-bond acceptors (Lipinski definition) is 2. The predicted octanol–water partition coefficient (Wildman–Crippen LogP) is 4.09. The van der Waals surface area contributed by atoms with E-state index in [1.807, 2.05) is 38.1 Å². The number of rotatable bonds is 2. The first kappa shape index (κ1) is 19.4. The van der Waals surface area contributed by atoms with Crippen LogP contribution in [-0.4, -0.2) is 29.9 Å². The Morgan fingerprint density at radius 3 is 2.44 bits per heavy atom. The average Bonchev–Trinajstić information content (AvgIpc) is 2.56. The number of amides is 1. The molecule has 1 fully saturated rings. The zero-order chi connectivity index (χ0) is 17.3. The second kappa shape index (κ2) is 7.98. The summed E-state index contributed by atoms with van der Waals surface area (Å²) in [4.78, 5) is 14.2. The molecule has 0 aliphatic carbocycles. The molecule has 0 radical (unpaired) electrons. The van der Waals surface area contributed by atoms with E-state index in [-0.39, 0.29) is 29.9 Å². The Hall–Kier alpha value is -1.91. The molecule has 3 nitrogen and oxygen atoms in total. The molecule has 2 N–H and O–H groups in total. The van der Waals surface area contributed by atoms with Crippen LogP contribution in [0.3, 0.4) is 0 Å². The zero-order valence-corrected chi connectivity index (χ0v) is 15.4. The molecule has 1 saturated heterocycles. The van der Waals surface area contributed by atoms with Crippen molar-refractivity contribution in [1.82, 2.24) is 4.90 Å². The molecule has 0 saturated carbocycles. The minimum Gasteiger partial charge on any atom is -0.337 e. The van der Waals surface area contributed by atoms with Crippen LogP contribution in [0.2, 0.25) is 0 Å². The SMILES string of the molecule is Cc1ccc(-c2ccc(C(=O)N3CCCC(N)C3)c(F)c2)cc1C.Cl. The van der Waals surface area contributed by atoms with Gasteiger partial charge in [-0.25, -0.2) is 4.39 Å². The van der Waals surface area contributed by atoms with Crippen LogP contribution >= 0.6 is 12.4 Å². The molecule has 2 aromatic carbocycles. The third kappa shape index (κ3) is 4.20. The van der Waals surface area contributed by atoms with E-state index >= 15 is 0 Å². The molecule has 134 valence electrons. The van der Waals surface area contributed by atoms with Crippen LogP contribution in [-0.2, 0) is 0 Å². The number of likely N-dealkylation sites (tertiary alicyclic amines) is 1. The highest BCUT2D eigenvalue weighted by molar-refractivity contribution is 5.95. The number of benzene rings is 2. The van der Waals surface area contributed by atoms with Gasteiger partial charge in [-0.15, -0.1) is 12.4 Å². The Morgan fingerprint density at radius 2 is 1.80 bits per heavy atom. The first-order valence-corrected chi connectivity index (χ1v) is 8.38. The van der Waals surface area contributed by atoms with Gasteiger partial charge in [0.15, 0.2) is 0 Å². The van der Waals surface area contributed by atoms with Gasteiger partial charge in [0.25, 0.3) is 5.91 Å². The molecule has 1 atom stereocenters. The minimum atomic E-state index is -0.477. The smallest absolute Gasteiger partial charge is 0.256 e. The molecule has 1 aliphatic rings. The fourth-order valence-electron chi connectivity index (χ4n) is 3.15. The fourth-order valence-corrected chi connectivity index (χ4v) is 3.15. The van der Waals surface area contributed by atoms with Crippen LogP contribution < -0.4 is 5.73 Å². The molecule has 1 aliphatic heterocycles. The highest BCUT2D eigenvalue weighted by Gasteiger charge is 2.24. The van der Waals surface area contributed by atoms with Gasteiger partial charge in [-0.05, 0) is 61.1 Å². The Kier molecular flexibility index (Phi) is 6.20. The maximum atomic E-state index is 14.5. The highest BCUT2D eigenvalue weighted by Crippen LogP contribution is 2.25. The van der Waals surface area contributed by atoms with E-state index in [2.05, 4.69) is 0 Å². The number of carbonyl (C=O) groups is 1. The van der Waals surface area contributed by atoms with Crippen molar-refractivity contribution in [2.75, 3.05) is 13.1 Å². The van der Waals surface area contributed by atoms with Crippen LogP contribution in [0.25, 0.3) is 11.1 Å². The predicted molar refractivity (Wildman–Crippen MR) is 102 cm³/mol. The lowest BCUT2D eigenvalue weighted by molar-refractivity contribution is 0.0704.